The highest BCUT2D eigenvalue weighted by Crippen LogP contribution is 2.21. The van der Waals surface area contributed by atoms with E-state index in [1.807, 2.05) is 48.5 Å². The Bertz CT molecular complexity index is 939. The van der Waals surface area contributed by atoms with E-state index < -0.39 is 11.5 Å². The molecule has 1 aromatic carbocycles. The van der Waals surface area contributed by atoms with Gasteiger partial charge in [0.1, 0.15) is 5.82 Å². The molecule has 1 aliphatic rings. The third-order valence-electron chi connectivity index (χ3n) is 4.88. The van der Waals surface area contributed by atoms with E-state index in [4.69, 9.17) is 5.73 Å². The summed E-state index contributed by atoms with van der Waals surface area (Å²) in [6.45, 7) is 3.71. The van der Waals surface area contributed by atoms with Crippen molar-refractivity contribution in [3.05, 3.63) is 60.3 Å². The number of hydrogen-bond acceptors (Lipinski definition) is 7. The van der Waals surface area contributed by atoms with Crippen molar-refractivity contribution in [1.82, 2.24) is 14.3 Å². The Morgan fingerprint density at radius 2 is 1.93 bits per heavy atom. The number of aromatic nitrogens is 2. The van der Waals surface area contributed by atoms with E-state index in [2.05, 4.69) is 23.9 Å². The molecule has 0 bridgehead atoms. The summed E-state index contributed by atoms with van der Waals surface area (Å²) in [6.07, 6.45) is 2.75. The predicted octanol–water partition coefficient (Wildman–Crippen LogP) is 2.63. The van der Waals surface area contributed by atoms with E-state index >= 15 is 0 Å². The maximum Gasteiger partial charge on any atom is 0.369 e. The van der Waals surface area contributed by atoms with Crippen LogP contribution >= 0.6 is 0 Å². The second-order valence-corrected chi connectivity index (χ2v) is 7.96. The van der Waals surface area contributed by atoms with Gasteiger partial charge in [0.2, 0.25) is 0 Å². The van der Waals surface area contributed by atoms with E-state index in [1.165, 1.54) is 0 Å². The minimum absolute atomic E-state index is 0.475. The first kappa shape index (κ1) is 18.9. The predicted molar refractivity (Wildman–Crippen MR) is 116 cm³/mol. The number of nitrogens with one attached hydrogen (secondary N) is 1. The Kier molecular flexibility index (Phi) is 5.92. The van der Waals surface area contributed by atoms with Crippen molar-refractivity contribution >= 4 is 34.1 Å². The molecule has 1 atom stereocenters. The zero-order valence-electron chi connectivity index (χ0n) is 15.7. The monoisotopic (exact) mass is 397 g/mol. The van der Waals surface area contributed by atoms with Gasteiger partial charge in [0.25, 0.3) is 0 Å². The number of nitrogens with zero attached hydrogens (tertiary/aromatic N) is 4. The van der Waals surface area contributed by atoms with E-state index in [-0.39, 0.29) is 0 Å². The van der Waals surface area contributed by atoms with Gasteiger partial charge in [0, 0.05) is 36.8 Å². The SMILES string of the molecule is NCc1cccnc1N1CCCN([S+](O)Nc2ccc3ccccc3n2)CC1. The van der Waals surface area contributed by atoms with Gasteiger partial charge >= 0.3 is 11.5 Å². The molecule has 1 saturated heterocycles. The van der Waals surface area contributed by atoms with Crippen molar-refractivity contribution in [2.45, 2.75) is 13.0 Å². The van der Waals surface area contributed by atoms with Crippen molar-refractivity contribution in [2.24, 2.45) is 5.73 Å². The van der Waals surface area contributed by atoms with Crippen LogP contribution in [0, 0.1) is 0 Å². The Labute approximate surface area is 168 Å². The topological polar surface area (TPSA) is 90.5 Å². The molecule has 1 unspecified atom stereocenters. The van der Waals surface area contributed by atoms with E-state index in [1.54, 1.807) is 6.20 Å². The fourth-order valence-electron chi connectivity index (χ4n) is 3.43. The van der Waals surface area contributed by atoms with Gasteiger partial charge in [-0.15, -0.1) is 9.27 Å². The largest absolute Gasteiger partial charge is 0.369 e. The van der Waals surface area contributed by atoms with Crippen LogP contribution in [0.2, 0.25) is 0 Å². The molecule has 1 fully saturated rings. The lowest BCUT2D eigenvalue weighted by molar-refractivity contribution is 0.447. The zero-order valence-corrected chi connectivity index (χ0v) is 16.5. The average Bonchev–Trinajstić information content (AvgIpc) is 3.00. The fraction of sp³-hybridized carbons (Fsp3) is 0.300. The van der Waals surface area contributed by atoms with Gasteiger partial charge in [0.15, 0.2) is 5.82 Å². The molecule has 28 heavy (non-hydrogen) atoms. The number of benzene rings is 1. The number of rotatable bonds is 5. The molecule has 0 amide bonds. The Balaban J connectivity index is 1.41. The molecular formula is C20H25N6OS+. The quantitative estimate of drug-likeness (QED) is 0.570. The first-order valence-corrected chi connectivity index (χ1v) is 10.6. The second-order valence-electron chi connectivity index (χ2n) is 6.72. The number of anilines is 2. The van der Waals surface area contributed by atoms with Gasteiger partial charge in [-0.05, 0) is 30.7 Å². The molecule has 4 N–H and O–H groups in total. The summed E-state index contributed by atoms with van der Waals surface area (Å²) in [4.78, 5) is 11.4. The lowest BCUT2D eigenvalue weighted by Crippen LogP contribution is -2.39. The molecule has 0 spiro atoms. The molecule has 146 valence electrons. The summed E-state index contributed by atoms with van der Waals surface area (Å²) < 4.78 is 15.9. The summed E-state index contributed by atoms with van der Waals surface area (Å²) in [5.41, 5.74) is 7.83. The maximum absolute atomic E-state index is 10.7. The Morgan fingerprint density at radius 1 is 1.04 bits per heavy atom. The summed E-state index contributed by atoms with van der Waals surface area (Å²) in [7, 11) is 0. The zero-order chi connectivity index (χ0) is 19.3. The molecule has 3 aromatic rings. The molecule has 8 heteroatoms. The summed E-state index contributed by atoms with van der Waals surface area (Å²) in [5, 5.41) is 1.09. The number of fused-ring (bicyclic) bond motifs is 1. The molecule has 0 saturated carbocycles. The first-order chi connectivity index (χ1) is 13.7. The van der Waals surface area contributed by atoms with Crippen LogP contribution in [0.15, 0.2) is 54.7 Å². The maximum atomic E-state index is 10.7. The third-order valence-corrected chi connectivity index (χ3v) is 6.13. The van der Waals surface area contributed by atoms with Gasteiger partial charge < -0.3 is 10.6 Å². The minimum atomic E-state index is -1.09. The molecular weight excluding hydrogens is 372 g/mol. The normalized spacial score (nSPS) is 16.7. The number of para-hydroxylation sites is 1. The summed E-state index contributed by atoms with van der Waals surface area (Å²) in [6, 6.07) is 15.8. The van der Waals surface area contributed by atoms with Crippen LogP contribution in [0.1, 0.15) is 12.0 Å². The van der Waals surface area contributed by atoms with Crippen LogP contribution in [0.4, 0.5) is 11.6 Å². The molecule has 0 radical (unpaired) electrons. The van der Waals surface area contributed by atoms with Crippen molar-refractivity contribution in [3.63, 3.8) is 0 Å². The molecule has 4 rings (SSSR count). The van der Waals surface area contributed by atoms with E-state index in [0.29, 0.717) is 12.4 Å². The number of pyridine rings is 2. The van der Waals surface area contributed by atoms with E-state index in [0.717, 1.165) is 54.9 Å². The van der Waals surface area contributed by atoms with Gasteiger partial charge in [-0.3, -0.25) is 0 Å². The van der Waals surface area contributed by atoms with Crippen LogP contribution in [0.5, 0.6) is 0 Å². The fourth-order valence-corrected chi connectivity index (χ4v) is 4.42. The molecule has 1 aliphatic heterocycles. The standard InChI is InChI=1S/C20H24N6OS/c21-15-17-6-3-10-22-20(17)25-11-4-12-26(14-13-25)28(27)24-19-9-8-16-5-1-2-7-18(16)23-19/h1-3,5-10H,4,11-15,21H2,(H,23,24,27)/p+1. The molecule has 2 aromatic heterocycles. The van der Waals surface area contributed by atoms with Gasteiger partial charge in [-0.1, -0.05) is 28.6 Å². The van der Waals surface area contributed by atoms with Crippen LogP contribution < -0.4 is 15.4 Å². The summed E-state index contributed by atoms with van der Waals surface area (Å²) in [5.74, 6) is 1.63. The number of hydrogen-bond donors (Lipinski definition) is 3. The number of nitrogens with two attached hydrogens (primary N) is 1. The highest BCUT2D eigenvalue weighted by Gasteiger charge is 2.31. The molecule has 3 heterocycles. The smallest absolute Gasteiger partial charge is 0.355 e. The second kappa shape index (κ2) is 8.74. The van der Waals surface area contributed by atoms with Crippen LogP contribution in [-0.4, -0.2) is 45.0 Å². The van der Waals surface area contributed by atoms with Gasteiger partial charge in [0.05, 0.1) is 18.6 Å². The Morgan fingerprint density at radius 3 is 2.82 bits per heavy atom. The average molecular weight is 398 g/mol. The van der Waals surface area contributed by atoms with Crippen LogP contribution in [0.25, 0.3) is 10.9 Å². The van der Waals surface area contributed by atoms with Crippen molar-refractivity contribution in [2.75, 3.05) is 35.8 Å². The van der Waals surface area contributed by atoms with Gasteiger partial charge in [-0.25, -0.2) is 9.97 Å². The van der Waals surface area contributed by atoms with Crippen LogP contribution in [0.3, 0.4) is 0 Å². The van der Waals surface area contributed by atoms with Gasteiger partial charge in [-0.2, -0.15) is 0 Å². The third kappa shape index (κ3) is 4.20. The lowest BCUT2D eigenvalue weighted by Gasteiger charge is -2.23. The minimum Gasteiger partial charge on any atom is -0.355 e. The lowest BCUT2D eigenvalue weighted by atomic mass is 10.2. The van der Waals surface area contributed by atoms with E-state index in [9.17, 15) is 4.55 Å². The van der Waals surface area contributed by atoms with Crippen molar-refractivity contribution < 1.29 is 4.55 Å². The summed E-state index contributed by atoms with van der Waals surface area (Å²) >= 11 is -1.09. The molecule has 0 aliphatic carbocycles. The highest BCUT2D eigenvalue weighted by atomic mass is 32.2. The molecule has 7 nitrogen and oxygen atoms in total. The van der Waals surface area contributed by atoms with Crippen molar-refractivity contribution in [1.29, 1.82) is 0 Å². The highest BCUT2D eigenvalue weighted by molar-refractivity contribution is 7.90. The van der Waals surface area contributed by atoms with Crippen molar-refractivity contribution in [3.8, 4) is 0 Å². The van der Waals surface area contributed by atoms with Crippen LogP contribution in [-0.2, 0) is 18.1 Å². The Hall–Kier alpha value is -2.39. The first-order valence-electron chi connectivity index (χ1n) is 9.44.